The summed E-state index contributed by atoms with van der Waals surface area (Å²) in [7, 11) is 5.87. The molecule has 2 rings (SSSR count). The van der Waals surface area contributed by atoms with Gasteiger partial charge in [-0.25, -0.2) is 0 Å². The van der Waals surface area contributed by atoms with E-state index in [9.17, 15) is 0 Å². The number of benzene rings is 2. The lowest BCUT2D eigenvalue weighted by atomic mass is 10.0. The predicted octanol–water partition coefficient (Wildman–Crippen LogP) is 2.91. The van der Waals surface area contributed by atoms with Crippen LogP contribution in [0.4, 0.5) is 0 Å². The van der Waals surface area contributed by atoms with Crippen molar-refractivity contribution in [1.82, 2.24) is 4.90 Å². The van der Waals surface area contributed by atoms with E-state index in [-0.39, 0.29) is 0 Å². The molecule has 0 N–H and O–H groups in total. The lowest BCUT2D eigenvalue weighted by Crippen LogP contribution is -2.10. The van der Waals surface area contributed by atoms with Crippen molar-refractivity contribution < 1.29 is 4.74 Å². The lowest BCUT2D eigenvalue weighted by molar-refractivity contribution is 0.403. The van der Waals surface area contributed by atoms with Crippen LogP contribution in [-0.2, 0) is 6.54 Å². The first-order chi connectivity index (χ1) is 7.70. The molecule has 0 aliphatic carbocycles. The van der Waals surface area contributed by atoms with Gasteiger partial charge in [0.2, 0.25) is 0 Å². The zero-order valence-corrected chi connectivity index (χ0v) is 10.0. The van der Waals surface area contributed by atoms with E-state index < -0.39 is 0 Å². The Balaban J connectivity index is 2.55. The Morgan fingerprint density at radius 2 is 1.94 bits per heavy atom. The van der Waals surface area contributed by atoms with E-state index in [1.165, 1.54) is 16.3 Å². The highest BCUT2D eigenvalue weighted by molar-refractivity contribution is 5.87. The zero-order valence-electron chi connectivity index (χ0n) is 10.0. The summed E-state index contributed by atoms with van der Waals surface area (Å²) in [5.74, 6) is 0.915. The van der Waals surface area contributed by atoms with Gasteiger partial charge in [0.1, 0.15) is 5.75 Å². The number of nitrogens with zero attached hydrogens (tertiary/aromatic N) is 1. The predicted molar refractivity (Wildman–Crippen MR) is 67.9 cm³/mol. The third kappa shape index (κ3) is 2.17. The first-order valence-corrected chi connectivity index (χ1v) is 5.41. The molecule has 2 aromatic rings. The fraction of sp³-hybridized carbons (Fsp3) is 0.286. The van der Waals surface area contributed by atoms with Crippen LogP contribution in [-0.4, -0.2) is 26.1 Å². The molecule has 0 aliphatic rings. The number of fused-ring (bicyclic) bond motifs is 1. The van der Waals surface area contributed by atoms with E-state index in [0.29, 0.717) is 0 Å². The molecule has 0 fully saturated rings. The third-order valence-corrected chi connectivity index (χ3v) is 2.67. The summed E-state index contributed by atoms with van der Waals surface area (Å²) in [6.45, 7) is 0.949. The zero-order chi connectivity index (χ0) is 11.5. The van der Waals surface area contributed by atoms with Crippen LogP contribution < -0.4 is 4.74 Å². The fourth-order valence-corrected chi connectivity index (χ4v) is 1.92. The molecule has 84 valence electrons. The molecule has 2 nitrogen and oxygen atoms in total. The quantitative estimate of drug-likeness (QED) is 0.780. The molecule has 0 aromatic heterocycles. The molecule has 0 amide bonds. The summed E-state index contributed by atoms with van der Waals surface area (Å²) >= 11 is 0. The summed E-state index contributed by atoms with van der Waals surface area (Å²) in [4.78, 5) is 2.17. The van der Waals surface area contributed by atoms with Crippen LogP contribution >= 0.6 is 0 Å². The van der Waals surface area contributed by atoms with Gasteiger partial charge in [-0.3, -0.25) is 0 Å². The minimum absolute atomic E-state index is 0.915. The molecule has 16 heavy (non-hydrogen) atoms. The molecule has 0 heterocycles. The van der Waals surface area contributed by atoms with E-state index in [2.05, 4.69) is 49.3 Å². The molecule has 0 atom stereocenters. The molecular weight excluding hydrogens is 198 g/mol. The van der Waals surface area contributed by atoms with Crippen LogP contribution in [0.5, 0.6) is 5.75 Å². The van der Waals surface area contributed by atoms with Crippen LogP contribution in [0.15, 0.2) is 36.4 Å². The monoisotopic (exact) mass is 215 g/mol. The van der Waals surface area contributed by atoms with Crippen molar-refractivity contribution in [3.05, 3.63) is 42.0 Å². The van der Waals surface area contributed by atoms with Crippen LogP contribution in [0.25, 0.3) is 10.8 Å². The van der Waals surface area contributed by atoms with Gasteiger partial charge < -0.3 is 9.64 Å². The van der Waals surface area contributed by atoms with Gasteiger partial charge >= 0.3 is 0 Å². The molecule has 0 spiro atoms. The van der Waals surface area contributed by atoms with Crippen molar-refractivity contribution in [2.24, 2.45) is 0 Å². The van der Waals surface area contributed by atoms with Crippen molar-refractivity contribution in [3.63, 3.8) is 0 Å². The van der Waals surface area contributed by atoms with Crippen LogP contribution in [0, 0.1) is 0 Å². The maximum Gasteiger partial charge on any atom is 0.119 e. The summed E-state index contributed by atoms with van der Waals surface area (Å²) in [6.07, 6.45) is 0. The Morgan fingerprint density at radius 1 is 1.12 bits per heavy atom. The highest BCUT2D eigenvalue weighted by atomic mass is 16.5. The van der Waals surface area contributed by atoms with E-state index in [1.807, 2.05) is 6.07 Å². The summed E-state index contributed by atoms with van der Waals surface area (Å²) in [5.41, 5.74) is 1.33. The second-order valence-corrected chi connectivity index (χ2v) is 4.24. The third-order valence-electron chi connectivity index (χ3n) is 2.67. The van der Waals surface area contributed by atoms with Crippen molar-refractivity contribution in [2.75, 3.05) is 21.2 Å². The molecule has 2 aromatic carbocycles. The first-order valence-electron chi connectivity index (χ1n) is 5.41. The van der Waals surface area contributed by atoms with Gasteiger partial charge in [-0.1, -0.05) is 24.3 Å². The van der Waals surface area contributed by atoms with Gasteiger partial charge in [0, 0.05) is 6.54 Å². The van der Waals surface area contributed by atoms with E-state index in [0.717, 1.165) is 12.3 Å². The molecule has 0 bridgehead atoms. The van der Waals surface area contributed by atoms with Gasteiger partial charge in [-0.2, -0.15) is 0 Å². The minimum Gasteiger partial charge on any atom is -0.497 e. The summed E-state index contributed by atoms with van der Waals surface area (Å²) in [5, 5.41) is 2.54. The molecule has 0 aliphatic heterocycles. The second kappa shape index (κ2) is 4.54. The minimum atomic E-state index is 0.915. The SMILES string of the molecule is COc1ccc2cccc(CN(C)C)c2c1. The Morgan fingerprint density at radius 3 is 2.62 bits per heavy atom. The van der Waals surface area contributed by atoms with Crippen LogP contribution in [0.3, 0.4) is 0 Å². The molecule has 0 unspecified atom stereocenters. The second-order valence-electron chi connectivity index (χ2n) is 4.24. The normalized spacial score (nSPS) is 11.0. The molecule has 0 radical (unpaired) electrons. The van der Waals surface area contributed by atoms with Gasteiger partial charge in [0.25, 0.3) is 0 Å². The Hall–Kier alpha value is -1.54. The fourth-order valence-electron chi connectivity index (χ4n) is 1.92. The average Bonchev–Trinajstić information content (AvgIpc) is 2.28. The summed E-state index contributed by atoms with van der Waals surface area (Å²) in [6, 6.07) is 12.6. The van der Waals surface area contributed by atoms with Gasteiger partial charge in [0.05, 0.1) is 7.11 Å². The van der Waals surface area contributed by atoms with Crippen molar-refractivity contribution in [2.45, 2.75) is 6.54 Å². The van der Waals surface area contributed by atoms with Crippen molar-refractivity contribution in [3.8, 4) is 5.75 Å². The van der Waals surface area contributed by atoms with Gasteiger partial charge in [0.15, 0.2) is 0 Å². The maximum atomic E-state index is 5.27. The standard InChI is InChI=1S/C14H17NO/c1-15(2)10-12-6-4-5-11-7-8-13(16-3)9-14(11)12/h4-9H,10H2,1-3H3. The number of hydrogen-bond donors (Lipinski definition) is 0. The first kappa shape index (κ1) is 11.0. The highest BCUT2D eigenvalue weighted by Gasteiger charge is 2.03. The lowest BCUT2D eigenvalue weighted by Gasteiger charge is -2.12. The Bertz CT molecular complexity index is 491. The van der Waals surface area contributed by atoms with Gasteiger partial charge in [-0.05, 0) is 42.6 Å². The average molecular weight is 215 g/mol. The maximum absolute atomic E-state index is 5.27. The molecular formula is C14H17NO. The van der Waals surface area contributed by atoms with Crippen molar-refractivity contribution >= 4 is 10.8 Å². The van der Waals surface area contributed by atoms with E-state index >= 15 is 0 Å². The number of ether oxygens (including phenoxy) is 1. The molecule has 0 saturated carbocycles. The number of rotatable bonds is 3. The molecule has 0 saturated heterocycles. The Labute approximate surface area is 96.4 Å². The summed E-state index contributed by atoms with van der Waals surface area (Å²) < 4.78 is 5.27. The largest absolute Gasteiger partial charge is 0.497 e. The highest BCUT2D eigenvalue weighted by Crippen LogP contribution is 2.24. The van der Waals surface area contributed by atoms with Crippen molar-refractivity contribution in [1.29, 1.82) is 0 Å². The van der Waals surface area contributed by atoms with Crippen LogP contribution in [0.1, 0.15) is 5.56 Å². The topological polar surface area (TPSA) is 12.5 Å². The molecule has 2 heteroatoms. The van der Waals surface area contributed by atoms with Gasteiger partial charge in [-0.15, -0.1) is 0 Å². The van der Waals surface area contributed by atoms with E-state index in [4.69, 9.17) is 4.74 Å². The Kier molecular flexibility index (Phi) is 3.11. The number of methoxy groups -OCH3 is 1. The smallest absolute Gasteiger partial charge is 0.119 e. The van der Waals surface area contributed by atoms with E-state index in [1.54, 1.807) is 7.11 Å². The number of hydrogen-bond acceptors (Lipinski definition) is 2. The van der Waals surface area contributed by atoms with Crippen LogP contribution in [0.2, 0.25) is 0 Å².